The SMILES string of the molecule is Cl.NC[C@H](CC(=O)O)c1ccc(Cl)c(Cc2ccc(C(=O)O)cc2)c1. The minimum absolute atomic E-state index is 0. The van der Waals surface area contributed by atoms with Crippen molar-refractivity contribution in [3.63, 3.8) is 0 Å². The largest absolute Gasteiger partial charge is 0.481 e. The topological polar surface area (TPSA) is 101 Å². The van der Waals surface area contributed by atoms with Crippen LogP contribution in [0.5, 0.6) is 0 Å². The molecule has 2 aromatic carbocycles. The Balaban J connectivity index is 0.00000312. The standard InChI is InChI=1S/C18H18ClNO4.ClH/c19-16-6-5-13(15(10-20)9-17(21)22)8-14(16)7-11-1-3-12(4-2-11)18(23)24;/h1-6,8,15H,7,9-10,20H2,(H,21,22)(H,23,24);1H/t15-;/m0./s1. The highest BCUT2D eigenvalue weighted by Gasteiger charge is 2.15. The van der Waals surface area contributed by atoms with Gasteiger partial charge in [-0.15, -0.1) is 12.4 Å². The summed E-state index contributed by atoms with van der Waals surface area (Å²) in [6.07, 6.45) is 0.488. The average Bonchev–Trinajstić information content (AvgIpc) is 2.55. The fourth-order valence-corrected chi connectivity index (χ4v) is 2.70. The van der Waals surface area contributed by atoms with E-state index in [-0.39, 0.29) is 36.9 Å². The minimum Gasteiger partial charge on any atom is -0.481 e. The van der Waals surface area contributed by atoms with E-state index >= 15 is 0 Å². The maximum atomic E-state index is 10.9. The molecule has 25 heavy (non-hydrogen) atoms. The molecule has 0 radical (unpaired) electrons. The van der Waals surface area contributed by atoms with Gasteiger partial charge in [0, 0.05) is 10.9 Å². The van der Waals surface area contributed by atoms with Crippen LogP contribution in [0.4, 0.5) is 0 Å². The van der Waals surface area contributed by atoms with Crippen molar-refractivity contribution in [3.8, 4) is 0 Å². The quantitative estimate of drug-likeness (QED) is 0.678. The van der Waals surface area contributed by atoms with Crippen LogP contribution in [0.15, 0.2) is 42.5 Å². The molecule has 0 spiro atoms. The van der Waals surface area contributed by atoms with Crippen LogP contribution in [0.1, 0.15) is 39.4 Å². The summed E-state index contributed by atoms with van der Waals surface area (Å²) in [7, 11) is 0. The molecular weight excluding hydrogens is 365 g/mol. The van der Waals surface area contributed by atoms with Crippen LogP contribution < -0.4 is 5.73 Å². The van der Waals surface area contributed by atoms with Gasteiger partial charge in [0.05, 0.1) is 12.0 Å². The number of carboxylic acids is 2. The van der Waals surface area contributed by atoms with Crippen molar-refractivity contribution in [2.45, 2.75) is 18.8 Å². The molecule has 2 rings (SSSR count). The van der Waals surface area contributed by atoms with Crippen LogP contribution in [0.3, 0.4) is 0 Å². The Kier molecular flexibility index (Phi) is 7.90. The predicted octanol–water partition coefficient (Wildman–Crippen LogP) is 3.57. The number of aliphatic carboxylic acids is 1. The second-order valence-corrected chi connectivity index (χ2v) is 5.97. The van der Waals surface area contributed by atoms with E-state index in [0.717, 1.165) is 16.7 Å². The molecular formula is C18H19Cl2NO4. The number of hydrogen-bond acceptors (Lipinski definition) is 3. The zero-order valence-corrected chi connectivity index (χ0v) is 14.9. The van der Waals surface area contributed by atoms with Gasteiger partial charge in [0.25, 0.3) is 0 Å². The van der Waals surface area contributed by atoms with Gasteiger partial charge < -0.3 is 15.9 Å². The first-order valence-electron chi connectivity index (χ1n) is 7.43. The van der Waals surface area contributed by atoms with Gasteiger partial charge in [-0.2, -0.15) is 0 Å². The number of benzene rings is 2. The Morgan fingerprint density at radius 2 is 1.72 bits per heavy atom. The molecule has 134 valence electrons. The number of carbonyl (C=O) groups is 2. The highest BCUT2D eigenvalue weighted by atomic mass is 35.5. The minimum atomic E-state index is -0.971. The molecule has 2 aromatic rings. The van der Waals surface area contributed by atoms with E-state index in [0.29, 0.717) is 11.4 Å². The van der Waals surface area contributed by atoms with Gasteiger partial charge in [-0.1, -0.05) is 35.9 Å². The van der Waals surface area contributed by atoms with Crippen molar-refractivity contribution in [1.82, 2.24) is 0 Å². The second kappa shape index (κ2) is 9.42. The van der Waals surface area contributed by atoms with Crippen LogP contribution >= 0.6 is 24.0 Å². The van der Waals surface area contributed by atoms with Gasteiger partial charge in [0.2, 0.25) is 0 Å². The molecule has 5 nitrogen and oxygen atoms in total. The lowest BCUT2D eigenvalue weighted by atomic mass is 9.92. The lowest BCUT2D eigenvalue weighted by Crippen LogP contribution is -2.16. The van der Waals surface area contributed by atoms with Crippen molar-refractivity contribution in [2.75, 3.05) is 6.54 Å². The third-order valence-electron chi connectivity index (χ3n) is 3.84. The van der Waals surface area contributed by atoms with Crippen molar-refractivity contribution in [1.29, 1.82) is 0 Å². The summed E-state index contributed by atoms with van der Waals surface area (Å²) < 4.78 is 0. The van der Waals surface area contributed by atoms with E-state index in [4.69, 9.17) is 27.5 Å². The fraction of sp³-hybridized carbons (Fsp3) is 0.222. The summed E-state index contributed by atoms with van der Waals surface area (Å²) in [6, 6.07) is 12.0. The lowest BCUT2D eigenvalue weighted by Gasteiger charge is -2.15. The zero-order chi connectivity index (χ0) is 17.7. The number of aromatic carboxylic acids is 1. The monoisotopic (exact) mass is 383 g/mol. The fourth-order valence-electron chi connectivity index (χ4n) is 2.52. The molecule has 4 N–H and O–H groups in total. The summed E-state index contributed by atoms with van der Waals surface area (Å²) in [6.45, 7) is 0.237. The number of rotatable bonds is 7. The Morgan fingerprint density at radius 3 is 2.24 bits per heavy atom. The molecule has 0 aliphatic rings. The van der Waals surface area contributed by atoms with Crippen molar-refractivity contribution in [3.05, 3.63) is 69.7 Å². The summed E-state index contributed by atoms with van der Waals surface area (Å²) in [4.78, 5) is 21.8. The molecule has 0 aliphatic heterocycles. The third-order valence-corrected chi connectivity index (χ3v) is 4.21. The molecule has 0 saturated carbocycles. The molecule has 0 amide bonds. The normalized spacial score (nSPS) is 11.4. The van der Waals surface area contributed by atoms with Crippen LogP contribution in [-0.4, -0.2) is 28.7 Å². The molecule has 0 saturated heterocycles. The highest BCUT2D eigenvalue weighted by molar-refractivity contribution is 6.31. The molecule has 0 fully saturated rings. The van der Waals surface area contributed by atoms with E-state index < -0.39 is 11.9 Å². The van der Waals surface area contributed by atoms with E-state index in [1.165, 1.54) is 0 Å². The zero-order valence-electron chi connectivity index (χ0n) is 13.3. The summed E-state index contributed by atoms with van der Waals surface area (Å²) in [5, 5.41) is 18.5. The predicted molar refractivity (Wildman–Crippen MR) is 99.0 cm³/mol. The molecule has 1 atom stereocenters. The van der Waals surface area contributed by atoms with E-state index in [9.17, 15) is 9.59 Å². The molecule has 0 aliphatic carbocycles. The van der Waals surface area contributed by atoms with Crippen LogP contribution in [0.2, 0.25) is 5.02 Å². The molecule has 0 bridgehead atoms. The van der Waals surface area contributed by atoms with Gasteiger partial charge in [-0.3, -0.25) is 4.79 Å². The van der Waals surface area contributed by atoms with E-state index in [2.05, 4.69) is 0 Å². The van der Waals surface area contributed by atoms with Crippen molar-refractivity contribution in [2.24, 2.45) is 5.73 Å². The first-order valence-corrected chi connectivity index (χ1v) is 7.81. The van der Waals surface area contributed by atoms with E-state index in [1.54, 1.807) is 36.4 Å². The van der Waals surface area contributed by atoms with Crippen LogP contribution in [0.25, 0.3) is 0 Å². The Labute approximate surface area is 156 Å². The van der Waals surface area contributed by atoms with Gasteiger partial charge in [0.1, 0.15) is 0 Å². The van der Waals surface area contributed by atoms with Gasteiger partial charge >= 0.3 is 11.9 Å². The number of carboxylic acid groups (broad SMARTS) is 2. The number of nitrogens with two attached hydrogens (primary N) is 1. The molecule has 0 aromatic heterocycles. The van der Waals surface area contributed by atoms with Crippen molar-refractivity contribution >= 4 is 35.9 Å². The molecule has 7 heteroatoms. The second-order valence-electron chi connectivity index (χ2n) is 5.56. The summed E-state index contributed by atoms with van der Waals surface area (Å²) >= 11 is 6.24. The van der Waals surface area contributed by atoms with Gasteiger partial charge in [-0.05, 0) is 47.9 Å². The Hall–Kier alpha value is -2.08. The first-order chi connectivity index (χ1) is 11.4. The number of halogens is 2. The maximum Gasteiger partial charge on any atom is 0.335 e. The van der Waals surface area contributed by atoms with Crippen LogP contribution in [0, 0.1) is 0 Å². The van der Waals surface area contributed by atoms with Gasteiger partial charge in [0.15, 0.2) is 0 Å². The Morgan fingerprint density at radius 1 is 1.08 bits per heavy atom. The number of hydrogen-bond donors (Lipinski definition) is 3. The first kappa shape index (κ1) is 21.0. The average molecular weight is 384 g/mol. The smallest absolute Gasteiger partial charge is 0.335 e. The molecule has 0 unspecified atom stereocenters. The van der Waals surface area contributed by atoms with Gasteiger partial charge in [-0.25, -0.2) is 4.79 Å². The Bertz CT molecular complexity index is 747. The van der Waals surface area contributed by atoms with Crippen LogP contribution in [-0.2, 0) is 11.2 Å². The third kappa shape index (κ3) is 5.74. The van der Waals surface area contributed by atoms with E-state index in [1.807, 2.05) is 6.07 Å². The summed E-state index contributed by atoms with van der Waals surface area (Å²) in [5.41, 5.74) is 8.51. The summed E-state index contributed by atoms with van der Waals surface area (Å²) in [5.74, 6) is -2.14. The van der Waals surface area contributed by atoms with Crippen molar-refractivity contribution < 1.29 is 19.8 Å². The lowest BCUT2D eigenvalue weighted by molar-refractivity contribution is -0.137. The maximum absolute atomic E-state index is 10.9. The highest BCUT2D eigenvalue weighted by Crippen LogP contribution is 2.26. The molecule has 0 heterocycles.